The van der Waals surface area contributed by atoms with Gasteiger partial charge in [-0.15, -0.1) is 0 Å². The quantitative estimate of drug-likeness (QED) is 0.139. The summed E-state index contributed by atoms with van der Waals surface area (Å²) in [5, 5.41) is 33.2. The predicted octanol–water partition coefficient (Wildman–Crippen LogP) is 1.67. The maximum absolute atomic E-state index is 13.3. The van der Waals surface area contributed by atoms with Crippen molar-refractivity contribution >= 4 is 33.3 Å². The predicted molar refractivity (Wildman–Crippen MR) is 105 cm³/mol. The Morgan fingerprint density at radius 1 is 1.45 bits per heavy atom. The van der Waals surface area contributed by atoms with Crippen LogP contribution in [0.25, 0.3) is 0 Å². The fourth-order valence-electron chi connectivity index (χ4n) is 2.07. The van der Waals surface area contributed by atoms with Crippen molar-refractivity contribution in [1.82, 2.24) is 26.0 Å². The van der Waals surface area contributed by atoms with Crippen LogP contribution < -0.4 is 16.1 Å². The number of amidine groups is 1. The molecule has 2 rings (SSSR count). The van der Waals surface area contributed by atoms with Crippen molar-refractivity contribution in [2.75, 3.05) is 32.5 Å². The minimum absolute atomic E-state index is 0.0811. The molecule has 0 spiro atoms. The normalized spacial score (nSPS) is 11.9. The first-order valence-corrected chi connectivity index (χ1v) is 8.88. The molecule has 0 radical (unpaired) electrons. The highest BCUT2D eigenvalue weighted by Gasteiger charge is 2.16. The summed E-state index contributed by atoms with van der Waals surface area (Å²) in [4.78, 5) is 15.8. The molecular weight excluding hydrogens is 455 g/mol. The number of hydrogen-bond acceptors (Lipinski definition) is 10. The highest BCUT2D eigenvalue weighted by Crippen LogP contribution is 2.23. The zero-order chi connectivity index (χ0) is 21.4. The number of rotatable bonds is 9. The van der Waals surface area contributed by atoms with Gasteiger partial charge in [-0.1, -0.05) is 0 Å². The summed E-state index contributed by atoms with van der Waals surface area (Å²) in [6, 6.07) is 4.04. The van der Waals surface area contributed by atoms with Crippen LogP contribution >= 0.6 is 15.9 Å². The van der Waals surface area contributed by atoms with Crippen LogP contribution in [0.4, 0.5) is 15.9 Å². The van der Waals surface area contributed by atoms with Crippen LogP contribution in [0.3, 0.4) is 0 Å². The summed E-state index contributed by atoms with van der Waals surface area (Å²) in [7, 11) is 3.33. The highest BCUT2D eigenvalue weighted by molar-refractivity contribution is 9.10. The van der Waals surface area contributed by atoms with Crippen molar-refractivity contribution < 1.29 is 19.2 Å². The molecular formula is C15H18BrFN8O4. The average Bonchev–Trinajstić information content (AvgIpc) is 3.13. The molecule has 14 heteroatoms. The lowest BCUT2D eigenvalue weighted by Gasteiger charge is -2.16. The molecule has 12 nitrogen and oxygen atoms in total. The molecule has 0 unspecified atom stereocenters. The van der Waals surface area contributed by atoms with Crippen LogP contribution in [-0.4, -0.2) is 58.4 Å². The number of nitrogens with zero attached hydrogens (tertiary/aromatic N) is 5. The van der Waals surface area contributed by atoms with E-state index in [9.17, 15) is 19.7 Å². The zero-order valence-corrected chi connectivity index (χ0v) is 17.0. The number of benzene rings is 1. The van der Waals surface area contributed by atoms with Crippen molar-refractivity contribution in [3.8, 4) is 0 Å². The van der Waals surface area contributed by atoms with Crippen LogP contribution in [-0.2, 0) is 0 Å². The van der Waals surface area contributed by atoms with Gasteiger partial charge in [0.15, 0.2) is 17.4 Å². The Hall–Kier alpha value is -3.26. The number of aliphatic imine (C=N–C) groups is 1. The van der Waals surface area contributed by atoms with Gasteiger partial charge >= 0.3 is 0 Å². The summed E-state index contributed by atoms with van der Waals surface area (Å²) >= 11 is 3.06. The monoisotopic (exact) mass is 472 g/mol. The lowest BCUT2D eigenvalue weighted by Crippen LogP contribution is -2.30. The second kappa shape index (κ2) is 10.3. The Bertz CT molecular complexity index is 917. The molecule has 0 amide bonds. The molecule has 0 saturated carbocycles. The van der Waals surface area contributed by atoms with Gasteiger partial charge in [-0.05, 0) is 44.4 Å². The van der Waals surface area contributed by atoms with E-state index in [2.05, 4.69) is 46.5 Å². The summed E-state index contributed by atoms with van der Waals surface area (Å²) in [5.41, 5.74) is 2.33. The molecule has 1 aromatic heterocycles. The number of hydrogen-bond donors (Lipinski definition) is 4. The number of hydroxylamine groups is 1. The van der Waals surface area contributed by atoms with Gasteiger partial charge in [0.2, 0.25) is 5.82 Å². The third-order valence-electron chi connectivity index (χ3n) is 3.40. The number of halogens is 2. The summed E-state index contributed by atoms with van der Waals surface area (Å²) in [5.74, 6) is -0.0412. The van der Waals surface area contributed by atoms with E-state index in [1.165, 1.54) is 18.2 Å². The molecule has 29 heavy (non-hydrogen) atoms. The first-order chi connectivity index (χ1) is 13.8. The number of nitrogens with one attached hydrogen (secondary N) is 3. The minimum Gasteiger partial charge on any atom is -0.365 e. The van der Waals surface area contributed by atoms with Gasteiger partial charge in [0.05, 0.1) is 15.1 Å². The Balaban J connectivity index is 2.06. The van der Waals surface area contributed by atoms with Gasteiger partial charge in [-0.25, -0.2) is 14.0 Å². The molecule has 0 fully saturated rings. The average molecular weight is 473 g/mol. The van der Waals surface area contributed by atoms with E-state index < -0.39 is 10.7 Å². The summed E-state index contributed by atoms with van der Waals surface area (Å²) in [6.45, 7) is 0.610. The Morgan fingerprint density at radius 2 is 2.21 bits per heavy atom. The van der Waals surface area contributed by atoms with Crippen molar-refractivity contribution in [1.29, 1.82) is 0 Å². The van der Waals surface area contributed by atoms with E-state index in [4.69, 9.17) is 0 Å². The van der Waals surface area contributed by atoms with E-state index in [-0.39, 0.29) is 21.8 Å². The van der Waals surface area contributed by atoms with Crippen LogP contribution in [0.15, 0.2) is 44.3 Å². The molecule has 0 aliphatic carbocycles. The highest BCUT2D eigenvalue weighted by atomic mass is 79.9. The van der Waals surface area contributed by atoms with Gasteiger partial charge in [0.25, 0.3) is 6.20 Å². The molecule has 1 aromatic carbocycles. The minimum atomic E-state index is -0.557. The first-order valence-electron chi connectivity index (χ1n) is 8.09. The SMILES string of the molecule is CN(C)/C(=C\[N+](=O)[O-])NCCNc1nonc1C(=Nc1ccc(F)c(Br)c1)NO. The summed E-state index contributed by atoms with van der Waals surface area (Å²) < 4.78 is 18.2. The van der Waals surface area contributed by atoms with Crippen LogP contribution in [0.1, 0.15) is 5.69 Å². The van der Waals surface area contributed by atoms with Gasteiger partial charge in [-0.3, -0.25) is 20.8 Å². The standard InChI is InChI=1S/C15H18BrFN8O4/c1-24(2)12(8-25(27)28)18-5-6-19-14-13(22-29-23-14)15(21-26)20-9-3-4-11(17)10(16)7-9/h3-4,7-8,18,26H,5-6H2,1-2H3,(H,19,23)(H,20,21)/b12-8-. The molecule has 0 saturated heterocycles. The lowest BCUT2D eigenvalue weighted by atomic mass is 10.3. The van der Waals surface area contributed by atoms with Crippen molar-refractivity contribution in [3.05, 3.63) is 56.3 Å². The third-order valence-corrected chi connectivity index (χ3v) is 4.00. The van der Waals surface area contributed by atoms with Gasteiger partial charge in [0, 0.05) is 27.2 Å². The Kier molecular flexibility index (Phi) is 7.85. The van der Waals surface area contributed by atoms with Crippen molar-refractivity contribution in [2.45, 2.75) is 0 Å². The smallest absolute Gasteiger partial charge is 0.274 e. The van der Waals surface area contributed by atoms with Gasteiger partial charge in [0.1, 0.15) is 5.82 Å². The Morgan fingerprint density at radius 3 is 2.83 bits per heavy atom. The molecule has 156 valence electrons. The number of aromatic nitrogens is 2. The summed E-state index contributed by atoms with van der Waals surface area (Å²) in [6.07, 6.45) is 0.852. The third kappa shape index (κ3) is 6.39. The number of anilines is 1. The van der Waals surface area contributed by atoms with Crippen molar-refractivity contribution in [3.63, 3.8) is 0 Å². The lowest BCUT2D eigenvalue weighted by molar-refractivity contribution is -0.404. The second-order valence-electron chi connectivity index (χ2n) is 5.68. The molecule has 0 atom stereocenters. The molecule has 2 aromatic rings. The van der Waals surface area contributed by atoms with Gasteiger partial charge < -0.3 is 15.5 Å². The molecule has 0 aliphatic rings. The maximum Gasteiger partial charge on any atom is 0.274 e. The van der Waals surface area contributed by atoms with E-state index in [0.717, 1.165) is 6.20 Å². The van der Waals surface area contributed by atoms with Crippen LogP contribution in [0.5, 0.6) is 0 Å². The van der Waals surface area contributed by atoms with E-state index in [1.54, 1.807) is 19.0 Å². The molecule has 0 bridgehead atoms. The largest absolute Gasteiger partial charge is 0.365 e. The number of nitro groups is 1. The maximum atomic E-state index is 13.3. The van der Waals surface area contributed by atoms with E-state index in [1.807, 2.05) is 5.48 Å². The second-order valence-corrected chi connectivity index (χ2v) is 6.53. The molecule has 0 aliphatic heterocycles. The van der Waals surface area contributed by atoms with Gasteiger partial charge in [-0.2, -0.15) is 0 Å². The fraction of sp³-hybridized carbons (Fsp3) is 0.267. The zero-order valence-electron chi connectivity index (χ0n) is 15.4. The van der Waals surface area contributed by atoms with Crippen LogP contribution in [0, 0.1) is 15.9 Å². The fourth-order valence-corrected chi connectivity index (χ4v) is 2.43. The molecule has 1 heterocycles. The topological polar surface area (TPSA) is 154 Å². The molecule has 4 N–H and O–H groups in total. The van der Waals surface area contributed by atoms with Crippen LogP contribution in [0.2, 0.25) is 0 Å². The van der Waals surface area contributed by atoms with E-state index >= 15 is 0 Å². The van der Waals surface area contributed by atoms with Crippen molar-refractivity contribution in [2.24, 2.45) is 4.99 Å². The Labute approximate surface area is 172 Å². The van der Waals surface area contributed by atoms with E-state index in [0.29, 0.717) is 24.6 Å². The first kappa shape index (κ1) is 22.0.